The Balaban J connectivity index is 2.16. The molecule has 0 radical (unpaired) electrons. The molecule has 4 rings (SSSR count). The third kappa shape index (κ3) is 1.90. The number of fused-ring (bicyclic) bond motifs is 3. The molecule has 3 aromatic carbocycles. The van der Waals surface area contributed by atoms with Crippen molar-refractivity contribution in [2.45, 2.75) is 6.92 Å². The zero-order chi connectivity index (χ0) is 14.2. The molecule has 0 atom stereocenters. The maximum atomic E-state index is 2.26. The average molecular weight is 270 g/mol. The molecule has 100 valence electrons. The summed E-state index contributed by atoms with van der Waals surface area (Å²) in [5.74, 6) is 0. The van der Waals surface area contributed by atoms with E-state index in [0.717, 1.165) is 0 Å². The molecule has 0 unspecified atom stereocenters. The standard InChI is InChI=1S/C20H16N/c1-15-13-14-21(17-8-3-2-4-9-17)19-12-11-16-7-5-6-10-18(16)20(15)19/h2-14H,1H3/q+1. The van der Waals surface area contributed by atoms with E-state index in [1.165, 1.54) is 32.9 Å². The first kappa shape index (κ1) is 12.1. The summed E-state index contributed by atoms with van der Waals surface area (Å²) >= 11 is 0. The molecule has 0 amide bonds. The lowest BCUT2D eigenvalue weighted by atomic mass is 10.0. The van der Waals surface area contributed by atoms with Gasteiger partial charge in [-0.1, -0.05) is 42.5 Å². The molecule has 1 aromatic heterocycles. The zero-order valence-electron chi connectivity index (χ0n) is 12.0. The lowest BCUT2D eigenvalue weighted by molar-refractivity contribution is -0.567. The van der Waals surface area contributed by atoms with Crippen LogP contribution in [0.15, 0.2) is 79.0 Å². The Bertz CT molecular complexity index is 940. The van der Waals surface area contributed by atoms with Gasteiger partial charge in [-0.15, -0.1) is 0 Å². The van der Waals surface area contributed by atoms with E-state index in [9.17, 15) is 0 Å². The summed E-state index contributed by atoms with van der Waals surface area (Å²) in [5.41, 5.74) is 3.76. The number of nitrogens with zero attached hydrogens (tertiary/aromatic N) is 1. The molecule has 1 nitrogen and oxygen atoms in total. The highest BCUT2D eigenvalue weighted by Crippen LogP contribution is 2.26. The van der Waals surface area contributed by atoms with Crippen LogP contribution in [0.25, 0.3) is 27.4 Å². The van der Waals surface area contributed by atoms with Crippen LogP contribution < -0.4 is 4.57 Å². The Kier molecular flexibility index (Phi) is 2.71. The summed E-state index contributed by atoms with van der Waals surface area (Å²) in [6.07, 6.45) is 2.15. The third-order valence-corrected chi connectivity index (χ3v) is 4.07. The van der Waals surface area contributed by atoms with Gasteiger partial charge >= 0.3 is 0 Å². The molecule has 0 fully saturated rings. The van der Waals surface area contributed by atoms with Crippen LogP contribution in [0.5, 0.6) is 0 Å². The largest absolute Gasteiger partial charge is 0.219 e. The fourth-order valence-electron chi connectivity index (χ4n) is 3.04. The SMILES string of the molecule is Cc1cc[n+](-c2ccccc2)c2ccc3ccccc3c12. The molecule has 0 aliphatic heterocycles. The Morgan fingerprint density at radius 3 is 2.33 bits per heavy atom. The van der Waals surface area contributed by atoms with Crippen LogP contribution in [-0.4, -0.2) is 0 Å². The van der Waals surface area contributed by atoms with E-state index >= 15 is 0 Å². The van der Waals surface area contributed by atoms with Gasteiger partial charge in [-0.05, 0) is 29.3 Å². The summed E-state index contributed by atoms with van der Waals surface area (Å²) in [6.45, 7) is 2.18. The summed E-state index contributed by atoms with van der Waals surface area (Å²) in [7, 11) is 0. The minimum atomic E-state index is 1.19. The lowest BCUT2D eigenvalue weighted by Gasteiger charge is -2.06. The number of aryl methyl sites for hydroxylation is 1. The molecule has 4 aromatic rings. The molecular formula is C20H16N+. The van der Waals surface area contributed by atoms with Crippen LogP contribution in [0.3, 0.4) is 0 Å². The van der Waals surface area contributed by atoms with Gasteiger partial charge in [-0.25, -0.2) is 0 Å². The number of aromatic nitrogens is 1. The van der Waals surface area contributed by atoms with Crippen LogP contribution in [-0.2, 0) is 0 Å². The molecule has 0 spiro atoms. The molecule has 0 N–H and O–H groups in total. The van der Waals surface area contributed by atoms with E-state index in [-0.39, 0.29) is 0 Å². The Morgan fingerprint density at radius 2 is 1.48 bits per heavy atom. The minimum Gasteiger partial charge on any atom is -0.160 e. The third-order valence-electron chi connectivity index (χ3n) is 4.07. The number of rotatable bonds is 1. The van der Waals surface area contributed by atoms with Crippen LogP contribution >= 0.6 is 0 Å². The molecule has 1 heterocycles. The van der Waals surface area contributed by atoms with Crippen LogP contribution in [0.2, 0.25) is 0 Å². The predicted molar refractivity (Wildman–Crippen MR) is 87.7 cm³/mol. The lowest BCUT2D eigenvalue weighted by Crippen LogP contribution is -2.31. The first-order chi connectivity index (χ1) is 10.3. The van der Waals surface area contributed by atoms with Gasteiger partial charge in [0.05, 0.1) is 5.39 Å². The van der Waals surface area contributed by atoms with Crippen molar-refractivity contribution in [1.29, 1.82) is 0 Å². The van der Waals surface area contributed by atoms with Crippen molar-refractivity contribution >= 4 is 21.7 Å². The number of hydrogen-bond donors (Lipinski definition) is 0. The molecule has 1 heteroatoms. The smallest absolute Gasteiger partial charge is 0.160 e. The number of benzene rings is 3. The van der Waals surface area contributed by atoms with Crippen LogP contribution in [0, 0.1) is 6.92 Å². The van der Waals surface area contributed by atoms with Gasteiger partial charge in [0.1, 0.15) is 0 Å². The minimum absolute atomic E-state index is 1.19. The van der Waals surface area contributed by atoms with E-state index in [1.54, 1.807) is 0 Å². The molecular weight excluding hydrogens is 254 g/mol. The van der Waals surface area contributed by atoms with Crippen molar-refractivity contribution in [2.24, 2.45) is 0 Å². The molecule has 0 aliphatic carbocycles. The molecule has 0 bridgehead atoms. The van der Waals surface area contributed by atoms with Crippen molar-refractivity contribution in [2.75, 3.05) is 0 Å². The first-order valence-electron chi connectivity index (χ1n) is 7.23. The molecule has 0 saturated heterocycles. The molecule has 21 heavy (non-hydrogen) atoms. The monoisotopic (exact) mass is 270 g/mol. The second-order valence-corrected chi connectivity index (χ2v) is 5.39. The van der Waals surface area contributed by atoms with Gasteiger partial charge in [0, 0.05) is 24.3 Å². The Labute approximate surface area is 124 Å². The highest BCUT2D eigenvalue weighted by Gasteiger charge is 2.15. The molecule has 0 aliphatic rings. The average Bonchev–Trinajstić information content (AvgIpc) is 2.55. The maximum Gasteiger partial charge on any atom is 0.219 e. The van der Waals surface area contributed by atoms with Gasteiger partial charge < -0.3 is 0 Å². The second-order valence-electron chi connectivity index (χ2n) is 5.39. The van der Waals surface area contributed by atoms with Crippen molar-refractivity contribution in [3.05, 3.63) is 84.6 Å². The summed E-state index contributed by atoms with van der Waals surface area (Å²) in [6, 6.07) is 25.7. The van der Waals surface area contributed by atoms with E-state index in [1.807, 2.05) is 0 Å². The Hall–Kier alpha value is -2.67. The normalized spacial score (nSPS) is 11.1. The fraction of sp³-hybridized carbons (Fsp3) is 0.0500. The van der Waals surface area contributed by atoms with E-state index in [4.69, 9.17) is 0 Å². The van der Waals surface area contributed by atoms with Gasteiger partial charge in [-0.2, -0.15) is 4.57 Å². The van der Waals surface area contributed by atoms with Crippen molar-refractivity contribution in [3.8, 4) is 5.69 Å². The van der Waals surface area contributed by atoms with Crippen molar-refractivity contribution in [1.82, 2.24) is 0 Å². The van der Waals surface area contributed by atoms with E-state index in [0.29, 0.717) is 0 Å². The van der Waals surface area contributed by atoms with E-state index in [2.05, 4.69) is 90.5 Å². The van der Waals surface area contributed by atoms with Gasteiger partial charge in [0.15, 0.2) is 6.20 Å². The maximum absolute atomic E-state index is 2.26. The number of pyridine rings is 1. The fourth-order valence-corrected chi connectivity index (χ4v) is 3.04. The van der Waals surface area contributed by atoms with Crippen LogP contribution in [0.4, 0.5) is 0 Å². The summed E-state index contributed by atoms with van der Waals surface area (Å²) < 4.78 is 2.26. The Morgan fingerprint density at radius 1 is 0.714 bits per heavy atom. The summed E-state index contributed by atoms with van der Waals surface area (Å²) in [4.78, 5) is 0. The number of para-hydroxylation sites is 1. The highest BCUT2D eigenvalue weighted by atomic mass is 15.0. The predicted octanol–water partition coefficient (Wildman–Crippen LogP) is 4.58. The van der Waals surface area contributed by atoms with Crippen LogP contribution in [0.1, 0.15) is 5.56 Å². The first-order valence-corrected chi connectivity index (χ1v) is 7.23. The van der Waals surface area contributed by atoms with Gasteiger partial charge in [0.25, 0.3) is 0 Å². The quantitative estimate of drug-likeness (QED) is 0.352. The van der Waals surface area contributed by atoms with Gasteiger partial charge in [-0.3, -0.25) is 0 Å². The second kappa shape index (κ2) is 4.71. The highest BCUT2D eigenvalue weighted by molar-refractivity contribution is 6.06. The molecule has 0 saturated carbocycles. The van der Waals surface area contributed by atoms with E-state index < -0.39 is 0 Å². The van der Waals surface area contributed by atoms with Gasteiger partial charge in [0.2, 0.25) is 11.2 Å². The van der Waals surface area contributed by atoms with Crippen molar-refractivity contribution in [3.63, 3.8) is 0 Å². The summed E-state index contributed by atoms with van der Waals surface area (Å²) in [5, 5.41) is 3.94. The number of hydrogen-bond acceptors (Lipinski definition) is 0. The topological polar surface area (TPSA) is 3.88 Å². The van der Waals surface area contributed by atoms with Crippen molar-refractivity contribution < 1.29 is 4.57 Å². The zero-order valence-corrected chi connectivity index (χ0v) is 12.0.